The molecule has 0 bridgehead atoms. The van der Waals surface area contributed by atoms with Crippen LogP contribution in [0.25, 0.3) is 0 Å². The van der Waals surface area contributed by atoms with Gasteiger partial charge >= 0.3 is 0 Å². The second-order valence-corrected chi connectivity index (χ2v) is 2.57. The number of likely N-dealkylation sites (N-methyl/N-ethyl adjacent to an activating group) is 1. The first-order valence-electron chi connectivity index (χ1n) is 3.19. The van der Waals surface area contributed by atoms with Crippen LogP contribution in [0.5, 0.6) is 0 Å². The Morgan fingerprint density at radius 1 is 1.70 bits per heavy atom. The predicted molar refractivity (Wildman–Crippen MR) is 41.6 cm³/mol. The van der Waals surface area contributed by atoms with Gasteiger partial charge in [-0.25, -0.2) is 0 Å². The molecule has 1 heterocycles. The Morgan fingerprint density at radius 2 is 2.30 bits per heavy atom. The topological polar surface area (TPSA) is 46.3 Å². The van der Waals surface area contributed by atoms with E-state index in [9.17, 15) is 4.79 Å². The lowest BCUT2D eigenvalue weighted by atomic mass is 10.1. The smallest absolute Gasteiger partial charge is 0.222 e. The Morgan fingerprint density at radius 3 is 2.70 bits per heavy atom. The second kappa shape index (κ2) is 3.56. The largest absolute Gasteiger partial charge is 0.344 e. The molecule has 1 amide bonds. The summed E-state index contributed by atoms with van der Waals surface area (Å²) in [4.78, 5) is 12.5. The standard InChI is InChI=1S/C6H12N2O.CH4/c1-8-4-5(7)2-3-6(8)9;/h5H,2-4,7H2,1H3;1H4. The van der Waals surface area contributed by atoms with E-state index in [-0.39, 0.29) is 19.4 Å². The number of carbonyl (C=O) groups excluding carboxylic acids is 1. The Bertz CT molecular complexity index is 125. The maximum Gasteiger partial charge on any atom is 0.222 e. The fourth-order valence-electron chi connectivity index (χ4n) is 1.04. The normalized spacial score (nSPS) is 26.0. The van der Waals surface area contributed by atoms with Crippen molar-refractivity contribution in [3.8, 4) is 0 Å². The summed E-state index contributed by atoms with van der Waals surface area (Å²) in [5.74, 6) is 0.219. The van der Waals surface area contributed by atoms with Crippen LogP contribution >= 0.6 is 0 Å². The summed E-state index contributed by atoms with van der Waals surface area (Å²) in [7, 11) is 1.79. The van der Waals surface area contributed by atoms with E-state index in [1.165, 1.54) is 0 Å². The van der Waals surface area contributed by atoms with E-state index in [4.69, 9.17) is 5.73 Å². The molecule has 0 spiro atoms. The van der Waals surface area contributed by atoms with Gasteiger partial charge in [0.1, 0.15) is 0 Å². The lowest BCUT2D eigenvalue weighted by Crippen LogP contribution is -2.43. The minimum atomic E-state index is 0. The fraction of sp³-hybridized carbons (Fsp3) is 0.857. The molecule has 60 valence electrons. The van der Waals surface area contributed by atoms with Crippen molar-refractivity contribution in [2.45, 2.75) is 26.3 Å². The number of rotatable bonds is 0. The Kier molecular flexibility index (Phi) is 3.36. The van der Waals surface area contributed by atoms with Crippen LogP contribution in [0.4, 0.5) is 0 Å². The van der Waals surface area contributed by atoms with Crippen molar-refractivity contribution in [1.29, 1.82) is 0 Å². The van der Waals surface area contributed by atoms with E-state index < -0.39 is 0 Å². The second-order valence-electron chi connectivity index (χ2n) is 2.57. The van der Waals surface area contributed by atoms with Crippen molar-refractivity contribution in [1.82, 2.24) is 4.90 Å². The van der Waals surface area contributed by atoms with E-state index in [1.54, 1.807) is 11.9 Å². The van der Waals surface area contributed by atoms with Crippen molar-refractivity contribution in [2.75, 3.05) is 13.6 Å². The highest BCUT2D eigenvalue weighted by Crippen LogP contribution is 2.06. The lowest BCUT2D eigenvalue weighted by molar-refractivity contribution is -0.132. The minimum absolute atomic E-state index is 0. The zero-order chi connectivity index (χ0) is 6.85. The van der Waals surface area contributed by atoms with E-state index in [1.807, 2.05) is 0 Å². The number of amides is 1. The molecular weight excluding hydrogens is 128 g/mol. The first-order valence-corrected chi connectivity index (χ1v) is 3.19. The zero-order valence-corrected chi connectivity index (χ0v) is 5.63. The Hall–Kier alpha value is -0.570. The zero-order valence-electron chi connectivity index (χ0n) is 5.63. The maximum absolute atomic E-state index is 10.8. The van der Waals surface area contributed by atoms with Gasteiger partial charge < -0.3 is 10.6 Å². The minimum Gasteiger partial charge on any atom is -0.344 e. The molecular formula is C7H16N2O. The van der Waals surface area contributed by atoms with Gasteiger partial charge in [-0.15, -0.1) is 0 Å². The summed E-state index contributed by atoms with van der Waals surface area (Å²) in [6, 6.07) is 0.202. The average Bonchev–Trinajstić information content (AvgIpc) is 1.80. The molecule has 3 nitrogen and oxygen atoms in total. The predicted octanol–water partition coefficient (Wildman–Crippen LogP) is 0.202. The molecule has 0 aromatic carbocycles. The number of nitrogens with zero attached hydrogens (tertiary/aromatic N) is 1. The molecule has 0 radical (unpaired) electrons. The van der Waals surface area contributed by atoms with Gasteiger partial charge in [0.05, 0.1) is 0 Å². The number of piperidine rings is 1. The third-order valence-electron chi connectivity index (χ3n) is 1.66. The molecule has 3 heteroatoms. The number of hydrogen-bond donors (Lipinski definition) is 1. The maximum atomic E-state index is 10.8. The highest BCUT2D eigenvalue weighted by Gasteiger charge is 2.18. The van der Waals surface area contributed by atoms with Crippen molar-refractivity contribution >= 4 is 5.91 Å². The molecule has 0 aromatic heterocycles. The van der Waals surface area contributed by atoms with Gasteiger partial charge in [-0.05, 0) is 6.42 Å². The van der Waals surface area contributed by atoms with Crippen LogP contribution in [0.2, 0.25) is 0 Å². The van der Waals surface area contributed by atoms with Crippen LogP contribution in [-0.2, 0) is 4.79 Å². The van der Waals surface area contributed by atoms with Crippen LogP contribution in [0.3, 0.4) is 0 Å². The van der Waals surface area contributed by atoms with E-state index in [0.717, 1.165) is 13.0 Å². The van der Waals surface area contributed by atoms with Crippen LogP contribution in [-0.4, -0.2) is 30.4 Å². The average molecular weight is 144 g/mol. The number of nitrogens with two attached hydrogens (primary N) is 1. The van der Waals surface area contributed by atoms with Crippen LogP contribution in [0, 0.1) is 0 Å². The molecule has 2 N–H and O–H groups in total. The summed E-state index contributed by atoms with van der Waals surface area (Å²) in [6.45, 7) is 0.721. The molecule has 1 saturated heterocycles. The van der Waals surface area contributed by atoms with Gasteiger partial charge in [0.25, 0.3) is 0 Å². The molecule has 0 aliphatic carbocycles. The van der Waals surface area contributed by atoms with Gasteiger partial charge in [-0.3, -0.25) is 4.79 Å². The molecule has 1 atom stereocenters. The SMILES string of the molecule is C.CN1CC(N)CCC1=O. The highest BCUT2D eigenvalue weighted by atomic mass is 16.2. The van der Waals surface area contributed by atoms with Crippen molar-refractivity contribution in [2.24, 2.45) is 5.73 Å². The Balaban J connectivity index is 0.000000810. The van der Waals surface area contributed by atoms with Crippen molar-refractivity contribution in [3.05, 3.63) is 0 Å². The molecule has 1 aliphatic heterocycles. The van der Waals surface area contributed by atoms with E-state index in [2.05, 4.69) is 0 Å². The molecule has 0 aromatic rings. The monoisotopic (exact) mass is 144 g/mol. The summed E-state index contributed by atoms with van der Waals surface area (Å²) in [5.41, 5.74) is 5.59. The molecule has 10 heavy (non-hydrogen) atoms. The number of carbonyl (C=O) groups is 1. The van der Waals surface area contributed by atoms with Gasteiger partial charge in [0, 0.05) is 26.1 Å². The summed E-state index contributed by atoms with van der Waals surface area (Å²) in [6.07, 6.45) is 1.47. The van der Waals surface area contributed by atoms with Crippen molar-refractivity contribution < 1.29 is 4.79 Å². The lowest BCUT2D eigenvalue weighted by Gasteiger charge is -2.26. The first-order chi connectivity index (χ1) is 4.20. The molecule has 1 rings (SSSR count). The summed E-state index contributed by atoms with van der Waals surface area (Å²) < 4.78 is 0. The Labute approximate surface area is 62.2 Å². The third kappa shape index (κ3) is 1.99. The molecule has 0 saturated carbocycles. The van der Waals surface area contributed by atoms with E-state index in [0.29, 0.717) is 6.42 Å². The number of likely N-dealkylation sites (tertiary alicyclic amines) is 1. The fourth-order valence-corrected chi connectivity index (χ4v) is 1.04. The first kappa shape index (κ1) is 9.43. The van der Waals surface area contributed by atoms with Crippen LogP contribution in [0.1, 0.15) is 20.3 Å². The van der Waals surface area contributed by atoms with Gasteiger partial charge in [-0.1, -0.05) is 7.43 Å². The van der Waals surface area contributed by atoms with Crippen molar-refractivity contribution in [3.63, 3.8) is 0 Å². The van der Waals surface area contributed by atoms with Gasteiger partial charge in [0.2, 0.25) is 5.91 Å². The number of hydrogen-bond acceptors (Lipinski definition) is 2. The van der Waals surface area contributed by atoms with E-state index >= 15 is 0 Å². The molecule has 1 fully saturated rings. The summed E-state index contributed by atoms with van der Waals surface area (Å²) in [5, 5.41) is 0. The summed E-state index contributed by atoms with van der Waals surface area (Å²) >= 11 is 0. The third-order valence-corrected chi connectivity index (χ3v) is 1.66. The molecule has 1 unspecified atom stereocenters. The highest BCUT2D eigenvalue weighted by molar-refractivity contribution is 5.76. The van der Waals surface area contributed by atoms with Crippen LogP contribution in [0.15, 0.2) is 0 Å². The molecule has 1 aliphatic rings. The van der Waals surface area contributed by atoms with Gasteiger partial charge in [0.15, 0.2) is 0 Å². The van der Waals surface area contributed by atoms with Gasteiger partial charge in [-0.2, -0.15) is 0 Å². The van der Waals surface area contributed by atoms with Crippen LogP contribution < -0.4 is 5.73 Å². The quantitative estimate of drug-likeness (QED) is 0.528.